The van der Waals surface area contributed by atoms with Crippen molar-refractivity contribution < 1.29 is 4.79 Å². The normalized spacial score (nSPS) is 18.0. The molecule has 3 nitrogen and oxygen atoms in total. The standard InChI is InChI=1S/C17H25ClN2OS/c1-12(2)15(22-17-14(18)10-7-11-19-17)16(21)20-13-8-5-3-4-6-9-13/h7,10-13,15H,3-6,8-9H2,1-2H3,(H,20,21). The van der Waals surface area contributed by atoms with Gasteiger partial charge in [0.15, 0.2) is 0 Å². The van der Waals surface area contributed by atoms with E-state index in [1.54, 1.807) is 6.20 Å². The molecule has 1 heterocycles. The number of pyridine rings is 1. The Balaban J connectivity index is 2.00. The number of amides is 1. The van der Waals surface area contributed by atoms with Crippen molar-refractivity contribution in [1.29, 1.82) is 0 Å². The third kappa shape index (κ3) is 5.17. The Morgan fingerprint density at radius 2 is 2.00 bits per heavy atom. The zero-order valence-electron chi connectivity index (χ0n) is 13.3. The van der Waals surface area contributed by atoms with Gasteiger partial charge in [0.05, 0.1) is 10.3 Å². The average Bonchev–Trinajstić information content (AvgIpc) is 2.74. The first-order valence-corrected chi connectivity index (χ1v) is 9.41. The number of hydrogen-bond donors (Lipinski definition) is 1. The van der Waals surface area contributed by atoms with E-state index in [0.717, 1.165) is 17.9 Å². The Bertz CT molecular complexity index is 487. The third-order valence-electron chi connectivity index (χ3n) is 4.03. The van der Waals surface area contributed by atoms with E-state index in [-0.39, 0.29) is 17.1 Å². The van der Waals surface area contributed by atoms with Gasteiger partial charge in [0, 0.05) is 12.2 Å². The molecule has 0 aliphatic heterocycles. The minimum Gasteiger partial charge on any atom is -0.352 e. The molecule has 0 bridgehead atoms. The molecule has 0 radical (unpaired) electrons. The number of rotatable bonds is 5. The van der Waals surface area contributed by atoms with E-state index in [4.69, 9.17) is 11.6 Å². The summed E-state index contributed by atoms with van der Waals surface area (Å²) in [6.45, 7) is 4.14. The first-order chi connectivity index (χ1) is 10.6. The first kappa shape index (κ1) is 17.6. The lowest BCUT2D eigenvalue weighted by Crippen LogP contribution is -2.42. The molecular formula is C17H25ClN2OS. The SMILES string of the molecule is CC(C)C(Sc1ncccc1Cl)C(=O)NC1CCCCCC1. The molecular weight excluding hydrogens is 316 g/mol. The van der Waals surface area contributed by atoms with E-state index in [1.165, 1.54) is 37.4 Å². The molecule has 0 aromatic carbocycles. The molecule has 22 heavy (non-hydrogen) atoms. The van der Waals surface area contributed by atoms with Gasteiger partial charge < -0.3 is 5.32 Å². The second kappa shape index (κ2) is 8.78. The first-order valence-electron chi connectivity index (χ1n) is 8.15. The largest absolute Gasteiger partial charge is 0.352 e. The fourth-order valence-corrected chi connectivity index (χ4v) is 4.02. The summed E-state index contributed by atoms with van der Waals surface area (Å²) in [5, 5.41) is 4.44. The summed E-state index contributed by atoms with van der Waals surface area (Å²) < 4.78 is 0. The molecule has 1 aromatic rings. The Kier molecular flexibility index (Phi) is 7.03. The van der Waals surface area contributed by atoms with Crippen LogP contribution in [0.15, 0.2) is 23.4 Å². The lowest BCUT2D eigenvalue weighted by molar-refractivity contribution is -0.122. The predicted molar refractivity (Wildman–Crippen MR) is 93.4 cm³/mol. The fraction of sp³-hybridized carbons (Fsp3) is 0.647. The van der Waals surface area contributed by atoms with Crippen LogP contribution in [0.4, 0.5) is 0 Å². The van der Waals surface area contributed by atoms with Crippen LogP contribution in [0.5, 0.6) is 0 Å². The van der Waals surface area contributed by atoms with E-state index in [2.05, 4.69) is 24.1 Å². The lowest BCUT2D eigenvalue weighted by Gasteiger charge is -2.23. The van der Waals surface area contributed by atoms with Crippen molar-refractivity contribution in [1.82, 2.24) is 10.3 Å². The molecule has 1 unspecified atom stereocenters. The molecule has 1 aliphatic rings. The number of nitrogens with one attached hydrogen (secondary N) is 1. The second-order valence-electron chi connectivity index (χ2n) is 6.27. The summed E-state index contributed by atoms with van der Waals surface area (Å²) in [6.07, 6.45) is 8.94. The predicted octanol–water partition coefficient (Wildman–Crippen LogP) is 4.69. The summed E-state index contributed by atoms with van der Waals surface area (Å²) >= 11 is 7.65. The molecule has 122 valence electrons. The third-order valence-corrected chi connectivity index (χ3v) is 6.01. The molecule has 1 amide bonds. The van der Waals surface area contributed by atoms with Gasteiger partial charge in [-0.15, -0.1) is 0 Å². The van der Waals surface area contributed by atoms with Gasteiger partial charge in [-0.25, -0.2) is 4.98 Å². The highest BCUT2D eigenvalue weighted by atomic mass is 35.5. The highest BCUT2D eigenvalue weighted by molar-refractivity contribution is 8.00. The molecule has 1 saturated carbocycles. The molecule has 2 rings (SSSR count). The van der Waals surface area contributed by atoms with E-state index in [9.17, 15) is 4.79 Å². The van der Waals surface area contributed by atoms with E-state index in [1.807, 2.05) is 12.1 Å². The van der Waals surface area contributed by atoms with Gasteiger partial charge in [0.25, 0.3) is 0 Å². The summed E-state index contributed by atoms with van der Waals surface area (Å²) in [5.41, 5.74) is 0. The van der Waals surface area contributed by atoms with Crippen LogP contribution in [-0.4, -0.2) is 22.2 Å². The van der Waals surface area contributed by atoms with Crippen LogP contribution >= 0.6 is 23.4 Å². The summed E-state index contributed by atoms with van der Waals surface area (Å²) in [7, 11) is 0. The van der Waals surface area contributed by atoms with Crippen molar-refractivity contribution in [2.45, 2.75) is 68.7 Å². The van der Waals surface area contributed by atoms with Crippen molar-refractivity contribution in [2.75, 3.05) is 0 Å². The van der Waals surface area contributed by atoms with Crippen LogP contribution < -0.4 is 5.32 Å². The quantitative estimate of drug-likeness (QED) is 0.624. The molecule has 1 atom stereocenters. The van der Waals surface area contributed by atoms with Crippen molar-refractivity contribution in [3.63, 3.8) is 0 Å². The van der Waals surface area contributed by atoms with Gasteiger partial charge in [-0.05, 0) is 30.9 Å². The summed E-state index contributed by atoms with van der Waals surface area (Å²) in [5.74, 6) is 0.350. The van der Waals surface area contributed by atoms with Gasteiger partial charge in [-0.1, -0.05) is 62.9 Å². The molecule has 0 saturated heterocycles. The van der Waals surface area contributed by atoms with Crippen LogP contribution in [0.1, 0.15) is 52.4 Å². The maximum absolute atomic E-state index is 12.7. The van der Waals surface area contributed by atoms with Crippen LogP contribution in [0, 0.1) is 5.92 Å². The number of hydrogen-bond acceptors (Lipinski definition) is 3. The van der Waals surface area contributed by atoms with Gasteiger partial charge in [-0.3, -0.25) is 4.79 Å². The smallest absolute Gasteiger partial charge is 0.234 e. The number of carbonyl (C=O) groups excluding carboxylic acids is 1. The molecule has 1 aliphatic carbocycles. The van der Waals surface area contributed by atoms with Gasteiger partial charge in [0.1, 0.15) is 5.03 Å². The fourth-order valence-electron chi connectivity index (χ4n) is 2.78. The van der Waals surface area contributed by atoms with Gasteiger partial charge in [0.2, 0.25) is 5.91 Å². The second-order valence-corrected chi connectivity index (χ2v) is 7.81. The summed E-state index contributed by atoms with van der Waals surface area (Å²) in [6, 6.07) is 3.95. The molecule has 1 N–H and O–H groups in total. The number of nitrogens with zero attached hydrogens (tertiary/aromatic N) is 1. The zero-order valence-corrected chi connectivity index (χ0v) is 14.9. The number of carbonyl (C=O) groups is 1. The molecule has 1 aromatic heterocycles. The molecule has 1 fully saturated rings. The molecule has 0 spiro atoms. The van der Waals surface area contributed by atoms with E-state index >= 15 is 0 Å². The van der Waals surface area contributed by atoms with Gasteiger partial charge in [-0.2, -0.15) is 0 Å². The van der Waals surface area contributed by atoms with E-state index < -0.39 is 0 Å². The van der Waals surface area contributed by atoms with Crippen LogP contribution in [0.3, 0.4) is 0 Å². The number of thioether (sulfide) groups is 1. The maximum Gasteiger partial charge on any atom is 0.234 e. The zero-order chi connectivity index (χ0) is 15.9. The van der Waals surface area contributed by atoms with Crippen molar-refractivity contribution >= 4 is 29.3 Å². The Hall–Kier alpha value is -0.740. The van der Waals surface area contributed by atoms with Crippen LogP contribution in [0.25, 0.3) is 0 Å². The topological polar surface area (TPSA) is 42.0 Å². The Morgan fingerprint density at radius 1 is 1.32 bits per heavy atom. The van der Waals surface area contributed by atoms with Crippen molar-refractivity contribution in [2.24, 2.45) is 5.92 Å². The number of aromatic nitrogens is 1. The van der Waals surface area contributed by atoms with Crippen LogP contribution in [-0.2, 0) is 4.79 Å². The maximum atomic E-state index is 12.7. The minimum absolute atomic E-state index is 0.119. The highest BCUT2D eigenvalue weighted by Gasteiger charge is 2.27. The number of halogens is 1. The van der Waals surface area contributed by atoms with Crippen molar-refractivity contribution in [3.8, 4) is 0 Å². The van der Waals surface area contributed by atoms with E-state index in [0.29, 0.717) is 11.1 Å². The Morgan fingerprint density at radius 3 is 2.59 bits per heavy atom. The average molecular weight is 341 g/mol. The monoisotopic (exact) mass is 340 g/mol. The highest BCUT2D eigenvalue weighted by Crippen LogP contribution is 2.32. The Labute approximate surface area is 142 Å². The van der Waals surface area contributed by atoms with Gasteiger partial charge >= 0.3 is 0 Å². The van der Waals surface area contributed by atoms with Crippen LogP contribution in [0.2, 0.25) is 5.02 Å². The van der Waals surface area contributed by atoms with Crippen molar-refractivity contribution in [3.05, 3.63) is 23.4 Å². The summed E-state index contributed by atoms with van der Waals surface area (Å²) in [4.78, 5) is 17.0. The lowest BCUT2D eigenvalue weighted by atomic mass is 10.1. The minimum atomic E-state index is -0.157. The molecule has 5 heteroatoms.